The minimum atomic E-state index is 0.0729. The Balaban J connectivity index is 2.24. The van der Waals surface area contributed by atoms with Gasteiger partial charge in [-0.2, -0.15) is 0 Å². The summed E-state index contributed by atoms with van der Waals surface area (Å²) < 4.78 is 0. The number of unbranched alkanes of at least 4 members (excludes halogenated alkanes) is 1. The van der Waals surface area contributed by atoms with Crippen LogP contribution in [0.3, 0.4) is 0 Å². The highest BCUT2D eigenvalue weighted by atomic mass is 16.2. The number of amides is 1. The fourth-order valence-electron chi connectivity index (χ4n) is 1.29. The molecule has 0 saturated carbocycles. The summed E-state index contributed by atoms with van der Waals surface area (Å²) in [4.78, 5) is 11.1. The summed E-state index contributed by atoms with van der Waals surface area (Å²) in [5.41, 5.74) is 0. The zero-order valence-corrected chi connectivity index (χ0v) is 7.02. The lowest BCUT2D eigenvalue weighted by Crippen LogP contribution is -2.52. The van der Waals surface area contributed by atoms with Crippen LogP contribution in [0.1, 0.15) is 26.2 Å². The molecule has 1 heterocycles. The van der Waals surface area contributed by atoms with Gasteiger partial charge in [0.2, 0.25) is 5.91 Å². The molecule has 1 atom stereocenters. The zero-order valence-electron chi connectivity index (χ0n) is 7.02. The summed E-state index contributed by atoms with van der Waals surface area (Å²) in [5.74, 6) is 0.171. The van der Waals surface area contributed by atoms with E-state index in [1.165, 1.54) is 0 Å². The Bertz CT molecular complexity index is 136. The monoisotopic (exact) mass is 156 g/mol. The molecule has 0 aromatic rings. The van der Waals surface area contributed by atoms with Crippen molar-refractivity contribution in [2.45, 2.75) is 32.2 Å². The maximum absolute atomic E-state index is 11.1. The van der Waals surface area contributed by atoms with Gasteiger partial charge in [0.25, 0.3) is 0 Å². The third-order valence-electron chi connectivity index (χ3n) is 1.98. The van der Waals surface area contributed by atoms with Gasteiger partial charge in [-0.25, -0.2) is 0 Å². The van der Waals surface area contributed by atoms with Gasteiger partial charge in [0.05, 0.1) is 6.04 Å². The smallest absolute Gasteiger partial charge is 0.237 e. The first-order chi connectivity index (χ1) is 5.34. The molecule has 0 aromatic carbocycles. The minimum Gasteiger partial charge on any atom is -0.353 e. The number of carbonyl (C=O) groups excluding carboxylic acids is 1. The largest absolute Gasteiger partial charge is 0.353 e. The van der Waals surface area contributed by atoms with Crippen LogP contribution < -0.4 is 10.6 Å². The fraction of sp³-hybridized carbons (Fsp3) is 0.875. The third kappa shape index (κ3) is 2.50. The quantitative estimate of drug-likeness (QED) is 0.615. The topological polar surface area (TPSA) is 41.1 Å². The van der Waals surface area contributed by atoms with Crippen molar-refractivity contribution in [1.82, 2.24) is 10.6 Å². The third-order valence-corrected chi connectivity index (χ3v) is 1.98. The SMILES string of the molecule is CCCC[C@@H]1NCCNC1=O. The summed E-state index contributed by atoms with van der Waals surface area (Å²) in [7, 11) is 0. The molecule has 3 nitrogen and oxygen atoms in total. The Morgan fingerprint density at radius 3 is 3.00 bits per heavy atom. The van der Waals surface area contributed by atoms with Gasteiger partial charge in [-0.15, -0.1) is 0 Å². The second-order valence-electron chi connectivity index (χ2n) is 2.94. The van der Waals surface area contributed by atoms with Crippen molar-refractivity contribution in [2.75, 3.05) is 13.1 Å². The van der Waals surface area contributed by atoms with Crippen molar-refractivity contribution in [3.63, 3.8) is 0 Å². The molecule has 0 radical (unpaired) electrons. The van der Waals surface area contributed by atoms with Crippen LogP contribution in [0.25, 0.3) is 0 Å². The first kappa shape index (κ1) is 8.53. The molecule has 0 spiro atoms. The van der Waals surface area contributed by atoms with Crippen LogP contribution in [0.2, 0.25) is 0 Å². The first-order valence-electron chi connectivity index (χ1n) is 4.35. The lowest BCUT2D eigenvalue weighted by atomic mass is 10.1. The zero-order chi connectivity index (χ0) is 8.10. The average Bonchev–Trinajstić information content (AvgIpc) is 2.03. The molecule has 1 amide bonds. The second kappa shape index (κ2) is 4.34. The molecule has 1 aliphatic rings. The summed E-state index contributed by atoms with van der Waals surface area (Å²) >= 11 is 0. The van der Waals surface area contributed by atoms with Crippen LogP contribution in [0.4, 0.5) is 0 Å². The van der Waals surface area contributed by atoms with Gasteiger partial charge >= 0.3 is 0 Å². The summed E-state index contributed by atoms with van der Waals surface area (Å²) in [6, 6.07) is 0.0729. The molecule has 1 saturated heterocycles. The van der Waals surface area contributed by atoms with Crippen molar-refractivity contribution in [3.05, 3.63) is 0 Å². The Hall–Kier alpha value is -0.570. The van der Waals surface area contributed by atoms with Crippen molar-refractivity contribution in [2.24, 2.45) is 0 Å². The Labute approximate surface area is 67.5 Å². The Morgan fingerprint density at radius 2 is 2.36 bits per heavy atom. The molecule has 64 valence electrons. The fourth-order valence-corrected chi connectivity index (χ4v) is 1.29. The molecular weight excluding hydrogens is 140 g/mol. The van der Waals surface area contributed by atoms with E-state index in [4.69, 9.17) is 0 Å². The van der Waals surface area contributed by atoms with Gasteiger partial charge in [-0.1, -0.05) is 19.8 Å². The first-order valence-corrected chi connectivity index (χ1v) is 4.35. The highest BCUT2D eigenvalue weighted by Crippen LogP contribution is 2.01. The molecule has 0 bridgehead atoms. The van der Waals surface area contributed by atoms with Crippen LogP contribution >= 0.6 is 0 Å². The van der Waals surface area contributed by atoms with Crippen LogP contribution in [-0.4, -0.2) is 25.0 Å². The molecule has 1 fully saturated rings. The number of nitrogens with one attached hydrogen (secondary N) is 2. The van der Waals surface area contributed by atoms with E-state index in [-0.39, 0.29) is 11.9 Å². The van der Waals surface area contributed by atoms with Crippen molar-refractivity contribution < 1.29 is 4.79 Å². The van der Waals surface area contributed by atoms with E-state index in [2.05, 4.69) is 17.6 Å². The Kier molecular flexibility index (Phi) is 3.36. The van der Waals surface area contributed by atoms with E-state index < -0.39 is 0 Å². The Morgan fingerprint density at radius 1 is 1.55 bits per heavy atom. The van der Waals surface area contributed by atoms with Crippen molar-refractivity contribution in [3.8, 4) is 0 Å². The lowest BCUT2D eigenvalue weighted by molar-refractivity contribution is -0.124. The number of piperazine rings is 1. The number of hydrogen-bond donors (Lipinski definition) is 2. The average molecular weight is 156 g/mol. The van der Waals surface area contributed by atoms with Crippen molar-refractivity contribution >= 4 is 5.91 Å². The van der Waals surface area contributed by atoms with E-state index in [9.17, 15) is 4.79 Å². The van der Waals surface area contributed by atoms with Gasteiger partial charge in [0.15, 0.2) is 0 Å². The van der Waals surface area contributed by atoms with Crippen LogP contribution in [0, 0.1) is 0 Å². The van der Waals surface area contributed by atoms with Crippen LogP contribution in [-0.2, 0) is 4.79 Å². The molecular formula is C8H16N2O. The van der Waals surface area contributed by atoms with E-state index >= 15 is 0 Å². The summed E-state index contributed by atoms with van der Waals surface area (Å²) in [5, 5.41) is 6.03. The van der Waals surface area contributed by atoms with E-state index in [0.717, 1.165) is 32.4 Å². The highest BCUT2D eigenvalue weighted by molar-refractivity contribution is 5.82. The molecule has 0 aromatic heterocycles. The summed E-state index contributed by atoms with van der Waals surface area (Å²) in [6.07, 6.45) is 3.26. The molecule has 3 heteroatoms. The predicted molar refractivity (Wildman–Crippen MR) is 44.3 cm³/mol. The normalized spacial score (nSPS) is 24.8. The summed E-state index contributed by atoms with van der Waals surface area (Å²) in [6.45, 7) is 3.84. The van der Waals surface area contributed by atoms with E-state index in [1.54, 1.807) is 0 Å². The molecule has 1 aliphatic heterocycles. The van der Waals surface area contributed by atoms with Gasteiger partial charge in [0, 0.05) is 13.1 Å². The number of hydrogen-bond acceptors (Lipinski definition) is 2. The van der Waals surface area contributed by atoms with Gasteiger partial charge < -0.3 is 10.6 Å². The predicted octanol–water partition coefficient (Wildman–Crippen LogP) is 0.265. The standard InChI is InChI=1S/C8H16N2O/c1-2-3-4-7-8(11)10-6-5-9-7/h7,9H,2-6H2,1H3,(H,10,11)/t7-/m0/s1. The van der Waals surface area contributed by atoms with Crippen LogP contribution in [0.15, 0.2) is 0 Å². The van der Waals surface area contributed by atoms with Crippen molar-refractivity contribution in [1.29, 1.82) is 0 Å². The van der Waals surface area contributed by atoms with Gasteiger partial charge in [-0.05, 0) is 6.42 Å². The number of carbonyl (C=O) groups is 1. The molecule has 0 aliphatic carbocycles. The maximum atomic E-state index is 11.1. The molecule has 2 N–H and O–H groups in total. The van der Waals surface area contributed by atoms with Gasteiger partial charge in [0.1, 0.15) is 0 Å². The number of rotatable bonds is 3. The highest BCUT2D eigenvalue weighted by Gasteiger charge is 2.19. The maximum Gasteiger partial charge on any atom is 0.237 e. The lowest BCUT2D eigenvalue weighted by Gasteiger charge is -2.22. The van der Waals surface area contributed by atoms with Crippen LogP contribution in [0.5, 0.6) is 0 Å². The molecule has 0 unspecified atom stereocenters. The van der Waals surface area contributed by atoms with E-state index in [1.807, 2.05) is 0 Å². The molecule has 1 rings (SSSR count). The second-order valence-corrected chi connectivity index (χ2v) is 2.94. The van der Waals surface area contributed by atoms with Gasteiger partial charge in [-0.3, -0.25) is 4.79 Å². The van der Waals surface area contributed by atoms with E-state index in [0.29, 0.717) is 0 Å². The minimum absolute atomic E-state index is 0.0729. The molecule has 11 heavy (non-hydrogen) atoms.